The van der Waals surface area contributed by atoms with Crippen LogP contribution in [0.1, 0.15) is 11.1 Å². The zero-order valence-corrected chi connectivity index (χ0v) is 17.6. The lowest BCUT2D eigenvalue weighted by atomic mass is 10.2. The first-order valence-corrected chi connectivity index (χ1v) is 9.67. The maximum atomic E-state index is 11.0. The van der Waals surface area contributed by atoms with E-state index in [1.54, 1.807) is 0 Å². The van der Waals surface area contributed by atoms with Crippen LogP contribution in [0, 0.1) is 10.1 Å². The van der Waals surface area contributed by atoms with Gasteiger partial charge in [-0.2, -0.15) is 5.10 Å². The van der Waals surface area contributed by atoms with Crippen LogP contribution in [0.2, 0.25) is 0 Å². The van der Waals surface area contributed by atoms with Crippen LogP contribution in [0.25, 0.3) is 0 Å². The third-order valence-electron chi connectivity index (χ3n) is 3.61. The summed E-state index contributed by atoms with van der Waals surface area (Å²) in [4.78, 5) is 14.4. The molecule has 0 unspecified atom stereocenters. The molecule has 2 aromatic carbocycles. The number of rotatable bonds is 7. The lowest BCUT2D eigenvalue weighted by Gasteiger charge is -2.11. The van der Waals surface area contributed by atoms with Crippen molar-refractivity contribution in [2.24, 2.45) is 5.10 Å². The van der Waals surface area contributed by atoms with Gasteiger partial charge in [-0.3, -0.25) is 15.5 Å². The molecule has 0 aliphatic heterocycles. The molecule has 7 nitrogen and oxygen atoms in total. The van der Waals surface area contributed by atoms with Crippen LogP contribution in [0.5, 0.6) is 5.75 Å². The van der Waals surface area contributed by atoms with E-state index in [4.69, 9.17) is 4.74 Å². The van der Waals surface area contributed by atoms with Gasteiger partial charge >= 0.3 is 5.69 Å². The summed E-state index contributed by atoms with van der Waals surface area (Å²) in [5, 5.41) is 15.0. The number of hydrogen-bond donors (Lipinski definition) is 1. The second-order valence-corrected chi connectivity index (χ2v) is 7.29. The maximum absolute atomic E-state index is 11.0. The van der Waals surface area contributed by atoms with E-state index in [1.807, 2.05) is 42.5 Å². The highest BCUT2D eigenvalue weighted by molar-refractivity contribution is 9.11. The second kappa shape index (κ2) is 9.43. The highest BCUT2D eigenvalue weighted by Crippen LogP contribution is 2.35. The van der Waals surface area contributed by atoms with Crippen molar-refractivity contribution in [3.63, 3.8) is 0 Å². The summed E-state index contributed by atoms with van der Waals surface area (Å²) in [7, 11) is 0. The Morgan fingerprint density at radius 2 is 1.86 bits per heavy atom. The molecule has 0 fully saturated rings. The third-order valence-corrected chi connectivity index (χ3v) is 4.79. The van der Waals surface area contributed by atoms with Crippen LogP contribution < -0.4 is 10.2 Å². The van der Waals surface area contributed by atoms with E-state index in [0.717, 1.165) is 20.1 Å². The molecule has 1 aromatic heterocycles. The molecule has 0 amide bonds. The highest BCUT2D eigenvalue weighted by Gasteiger charge is 2.13. The minimum atomic E-state index is -0.517. The lowest BCUT2D eigenvalue weighted by Crippen LogP contribution is -2.00. The molecule has 142 valence electrons. The molecular formula is C19H14Br2N4O3. The Bertz CT molecular complexity index is 990. The normalized spacial score (nSPS) is 10.8. The van der Waals surface area contributed by atoms with Crippen molar-refractivity contribution in [1.29, 1.82) is 0 Å². The molecule has 9 heteroatoms. The Morgan fingerprint density at radius 1 is 1.14 bits per heavy atom. The monoisotopic (exact) mass is 504 g/mol. The van der Waals surface area contributed by atoms with E-state index in [9.17, 15) is 10.1 Å². The Hall–Kier alpha value is -2.78. The van der Waals surface area contributed by atoms with Gasteiger partial charge in [0.25, 0.3) is 0 Å². The quantitative estimate of drug-likeness (QED) is 0.258. The molecule has 0 atom stereocenters. The molecule has 0 aliphatic rings. The molecule has 3 aromatic rings. The van der Waals surface area contributed by atoms with Gasteiger partial charge in [0.2, 0.25) is 5.82 Å². The van der Waals surface area contributed by atoms with Gasteiger partial charge in [0.05, 0.1) is 20.1 Å². The van der Waals surface area contributed by atoms with Crippen molar-refractivity contribution < 1.29 is 9.66 Å². The summed E-state index contributed by atoms with van der Waals surface area (Å²) in [5.74, 6) is 0.749. The number of hydrazone groups is 1. The van der Waals surface area contributed by atoms with Gasteiger partial charge in [-0.25, -0.2) is 4.98 Å². The van der Waals surface area contributed by atoms with E-state index in [-0.39, 0.29) is 11.5 Å². The minimum Gasteiger partial charge on any atom is -0.487 e. The van der Waals surface area contributed by atoms with Crippen LogP contribution in [-0.4, -0.2) is 16.1 Å². The molecule has 0 bridgehead atoms. The molecule has 3 rings (SSSR count). The zero-order chi connectivity index (χ0) is 19.9. The van der Waals surface area contributed by atoms with Gasteiger partial charge in [-0.15, -0.1) is 0 Å². The average molecular weight is 506 g/mol. The van der Waals surface area contributed by atoms with Gasteiger partial charge in [0.15, 0.2) is 0 Å². The van der Waals surface area contributed by atoms with Crippen LogP contribution in [-0.2, 0) is 6.61 Å². The first-order valence-electron chi connectivity index (χ1n) is 8.09. The number of anilines is 1. The summed E-state index contributed by atoms with van der Waals surface area (Å²) >= 11 is 7.00. The smallest absolute Gasteiger partial charge is 0.313 e. The molecule has 28 heavy (non-hydrogen) atoms. The van der Waals surface area contributed by atoms with E-state index in [0.29, 0.717) is 12.4 Å². The number of ether oxygens (including phenoxy) is 1. The van der Waals surface area contributed by atoms with E-state index < -0.39 is 4.92 Å². The van der Waals surface area contributed by atoms with Crippen molar-refractivity contribution in [3.05, 3.63) is 91.0 Å². The van der Waals surface area contributed by atoms with Crippen molar-refractivity contribution in [1.82, 2.24) is 4.98 Å². The molecule has 0 saturated carbocycles. The standard InChI is InChI=1S/C19H14Br2N4O3/c20-15-9-14(11-23-24-19-17(25(26)27)7-4-8-22-19)10-16(21)18(15)28-12-13-5-2-1-3-6-13/h1-11H,12H2,(H,22,24)/b23-11-. The Balaban J connectivity index is 1.70. The largest absolute Gasteiger partial charge is 0.487 e. The molecule has 0 saturated heterocycles. The fourth-order valence-corrected chi connectivity index (χ4v) is 3.77. The van der Waals surface area contributed by atoms with Crippen molar-refractivity contribution in [2.45, 2.75) is 6.61 Å². The Morgan fingerprint density at radius 3 is 2.54 bits per heavy atom. The molecule has 1 N–H and O–H groups in total. The van der Waals surface area contributed by atoms with E-state index in [2.05, 4.69) is 47.4 Å². The van der Waals surface area contributed by atoms with Crippen molar-refractivity contribution in [2.75, 3.05) is 5.43 Å². The number of benzene rings is 2. The van der Waals surface area contributed by atoms with Crippen molar-refractivity contribution >= 4 is 49.6 Å². The van der Waals surface area contributed by atoms with Gasteiger partial charge in [-0.05, 0) is 61.2 Å². The van der Waals surface area contributed by atoms with Gasteiger partial charge < -0.3 is 4.74 Å². The predicted octanol–water partition coefficient (Wildman–Crippen LogP) is 5.54. The summed E-state index contributed by atoms with van der Waals surface area (Å²) in [6.45, 7) is 0.441. The van der Waals surface area contributed by atoms with Crippen molar-refractivity contribution in [3.8, 4) is 5.75 Å². The summed E-state index contributed by atoms with van der Waals surface area (Å²) < 4.78 is 7.39. The number of nitrogens with one attached hydrogen (secondary N) is 1. The van der Waals surface area contributed by atoms with Gasteiger partial charge in [0, 0.05) is 12.3 Å². The molecule has 1 heterocycles. The van der Waals surface area contributed by atoms with E-state index in [1.165, 1.54) is 24.5 Å². The number of aromatic nitrogens is 1. The van der Waals surface area contributed by atoms with Crippen LogP contribution in [0.4, 0.5) is 11.5 Å². The molecule has 0 spiro atoms. The Kier molecular flexibility index (Phi) is 6.72. The molecular weight excluding hydrogens is 492 g/mol. The number of hydrogen-bond acceptors (Lipinski definition) is 6. The van der Waals surface area contributed by atoms with E-state index >= 15 is 0 Å². The predicted molar refractivity (Wildman–Crippen MR) is 115 cm³/mol. The first kappa shape index (κ1) is 20.0. The number of pyridine rings is 1. The minimum absolute atomic E-state index is 0.0738. The topological polar surface area (TPSA) is 89.7 Å². The zero-order valence-electron chi connectivity index (χ0n) is 14.4. The highest BCUT2D eigenvalue weighted by atomic mass is 79.9. The Labute approximate surface area is 177 Å². The van der Waals surface area contributed by atoms with Crippen LogP contribution in [0.3, 0.4) is 0 Å². The number of halogens is 2. The summed E-state index contributed by atoms with van der Waals surface area (Å²) in [6.07, 6.45) is 2.99. The van der Waals surface area contributed by atoms with Gasteiger partial charge in [-0.1, -0.05) is 30.3 Å². The molecule has 0 radical (unpaired) electrons. The summed E-state index contributed by atoms with van der Waals surface area (Å²) in [6, 6.07) is 16.4. The average Bonchev–Trinajstić information content (AvgIpc) is 2.68. The fourth-order valence-electron chi connectivity index (χ4n) is 2.32. The molecule has 0 aliphatic carbocycles. The summed E-state index contributed by atoms with van der Waals surface area (Å²) in [5.41, 5.74) is 4.28. The van der Waals surface area contributed by atoms with Crippen LogP contribution in [0.15, 0.2) is 74.8 Å². The van der Waals surface area contributed by atoms with Crippen LogP contribution >= 0.6 is 31.9 Å². The maximum Gasteiger partial charge on any atom is 0.313 e. The lowest BCUT2D eigenvalue weighted by molar-refractivity contribution is -0.384. The second-order valence-electron chi connectivity index (χ2n) is 5.59. The number of nitro groups is 1. The SMILES string of the molecule is O=[N+]([O-])c1cccnc1N/N=C\c1cc(Br)c(OCc2ccccc2)c(Br)c1. The third kappa shape index (κ3) is 5.14. The fraction of sp³-hybridized carbons (Fsp3) is 0.0526. The first-order chi connectivity index (χ1) is 13.5. The number of nitrogens with zero attached hydrogens (tertiary/aromatic N) is 3. The van der Waals surface area contributed by atoms with Gasteiger partial charge in [0.1, 0.15) is 12.4 Å².